The molecule has 1 aromatic carbocycles. The Morgan fingerprint density at radius 1 is 1.11 bits per heavy atom. The van der Waals surface area contributed by atoms with Gasteiger partial charge in [0, 0.05) is 0 Å². The summed E-state index contributed by atoms with van der Waals surface area (Å²) in [4.78, 5) is 32.3. The van der Waals surface area contributed by atoms with Gasteiger partial charge in [-0.1, -0.05) is 0 Å². The lowest BCUT2D eigenvalue weighted by Gasteiger charge is -2.26. The molecule has 0 saturated carbocycles. The van der Waals surface area contributed by atoms with E-state index in [0.29, 0.717) is 0 Å². The second-order valence-corrected chi connectivity index (χ2v) is 3.79. The Morgan fingerprint density at radius 3 is 2.11 bits per heavy atom. The largest absolute Gasteiger partial charge is 0.501 e. The third-order valence-corrected chi connectivity index (χ3v) is 2.50. The molecule has 106 valence electrons. The van der Waals surface area contributed by atoms with Crippen LogP contribution in [0.3, 0.4) is 0 Å². The fourth-order valence-corrected chi connectivity index (χ4v) is 1.31. The molecule has 0 aliphatic rings. The zero-order valence-corrected chi connectivity index (χ0v) is 9.46. The molecule has 0 unspecified atom stereocenters. The molecule has 0 aliphatic heterocycles. The molecule has 4 atom stereocenters. The summed E-state index contributed by atoms with van der Waals surface area (Å²) in [5, 5.41) is 45.5. The van der Waals surface area contributed by atoms with E-state index in [1.165, 1.54) is 0 Å². The maximum atomic E-state index is 11.0. The normalized spacial score (nSPS) is 17.7. The average Bonchev–Trinajstić information content (AvgIpc) is 2.44. The third kappa shape index (κ3) is 2.79. The Kier molecular flexibility index (Phi) is 4.72. The Bertz CT molecular complexity index is 515. The monoisotopic (exact) mass is 276 g/mol. The predicted molar refractivity (Wildman–Crippen MR) is 58.6 cm³/mol. The van der Waals surface area contributed by atoms with Gasteiger partial charge in [0.05, 0.1) is 6.61 Å². The van der Waals surface area contributed by atoms with Crippen LogP contribution < -0.4 is 15.6 Å². The summed E-state index contributed by atoms with van der Waals surface area (Å²) < 4.78 is 4.60. The summed E-state index contributed by atoms with van der Waals surface area (Å²) >= 11 is 0. The lowest BCUT2D eigenvalue weighted by atomic mass is 10.0. The first-order valence-corrected chi connectivity index (χ1v) is 5.14. The molecule has 0 bridgehead atoms. The molecule has 0 aromatic heterocycles. The van der Waals surface area contributed by atoms with Gasteiger partial charge in [-0.05, 0) is 0 Å². The summed E-state index contributed by atoms with van der Waals surface area (Å²) in [6.07, 6.45) is -7.42. The van der Waals surface area contributed by atoms with Crippen molar-refractivity contribution < 1.29 is 35.1 Å². The summed E-state index contributed by atoms with van der Waals surface area (Å²) in [5.74, 6) is -1.78. The first-order valence-electron chi connectivity index (χ1n) is 5.14. The Labute approximate surface area is 105 Å². The van der Waals surface area contributed by atoms with Gasteiger partial charge < -0.3 is 30.3 Å². The molecule has 0 aliphatic carbocycles. The molecule has 9 heteroatoms. The number of hydrogen-bond donors (Lipinski definition) is 5. The van der Waals surface area contributed by atoms with Crippen LogP contribution in [0.4, 0.5) is 0 Å². The van der Waals surface area contributed by atoms with Crippen LogP contribution in [-0.2, 0) is 4.79 Å². The van der Waals surface area contributed by atoms with Crippen molar-refractivity contribution >= 4 is 6.29 Å². The van der Waals surface area contributed by atoms with Gasteiger partial charge in [-0.2, -0.15) is 0 Å². The standard InChI is InChI=1S/C10H12O9/c11-1-3(13)5(14)6(15)4(2-12)19-10-8(17)7(16)9(10)18/h2-6,11,13-15,17H,1H2/t3-,4-,5-,6-/m1/s1. The predicted octanol–water partition coefficient (Wildman–Crippen LogP) is -3.99. The molecular weight excluding hydrogens is 264 g/mol. The fourth-order valence-electron chi connectivity index (χ4n) is 1.31. The number of ether oxygens (including phenoxy) is 1. The van der Waals surface area contributed by atoms with E-state index in [0.717, 1.165) is 0 Å². The molecule has 0 saturated heterocycles. The highest BCUT2D eigenvalue weighted by Gasteiger charge is 2.35. The third-order valence-electron chi connectivity index (χ3n) is 2.50. The zero-order chi connectivity index (χ0) is 14.7. The van der Waals surface area contributed by atoms with Gasteiger partial charge in [-0.3, -0.25) is 14.4 Å². The molecule has 9 nitrogen and oxygen atoms in total. The van der Waals surface area contributed by atoms with Crippen molar-refractivity contribution in [3.63, 3.8) is 0 Å². The number of aliphatic hydroxyl groups excluding tert-OH is 4. The van der Waals surface area contributed by atoms with Crippen LogP contribution >= 0.6 is 0 Å². The minimum absolute atomic E-state index is 0.00827. The Hall–Kier alpha value is -1.81. The van der Waals surface area contributed by atoms with E-state index in [-0.39, 0.29) is 6.29 Å². The smallest absolute Gasteiger partial charge is 0.275 e. The highest BCUT2D eigenvalue weighted by molar-refractivity contribution is 5.59. The highest BCUT2D eigenvalue weighted by Crippen LogP contribution is 2.20. The fraction of sp³-hybridized carbons (Fsp3) is 0.500. The molecule has 0 radical (unpaired) electrons. The van der Waals surface area contributed by atoms with E-state index in [9.17, 15) is 24.6 Å². The zero-order valence-electron chi connectivity index (χ0n) is 9.46. The van der Waals surface area contributed by atoms with Crippen LogP contribution in [0.25, 0.3) is 0 Å². The van der Waals surface area contributed by atoms with E-state index in [1.807, 2.05) is 0 Å². The van der Waals surface area contributed by atoms with Gasteiger partial charge in [0.25, 0.3) is 10.9 Å². The van der Waals surface area contributed by atoms with Gasteiger partial charge in [0.15, 0.2) is 12.4 Å². The number of carbonyl (C=O) groups is 1. The van der Waals surface area contributed by atoms with Gasteiger partial charge in [-0.15, -0.1) is 0 Å². The van der Waals surface area contributed by atoms with Crippen LogP contribution in [0.2, 0.25) is 0 Å². The van der Waals surface area contributed by atoms with Crippen molar-refractivity contribution in [2.45, 2.75) is 24.4 Å². The molecule has 5 N–H and O–H groups in total. The minimum Gasteiger partial charge on any atom is -0.501 e. The van der Waals surface area contributed by atoms with Gasteiger partial charge in [-0.25, -0.2) is 0 Å². The SMILES string of the molecule is O=C[C@@H](Oc1c(O)c(=O)c1=O)[C@@H](O)[C@H](O)[C@H](O)CO. The molecule has 0 heterocycles. The molecule has 1 aromatic rings. The van der Waals surface area contributed by atoms with Crippen molar-refractivity contribution in [1.29, 1.82) is 0 Å². The number of carbonyl (C=O) groups excluding carboxylic acids is 1. The lowest BCUT2D eigenvalue weighted by Crippen LogP contribution is -2.49. The quantitative estimate of drug-likeness (QED) is 0.247. The van der Waals surface area contributed by atoms with Gasteiger partial charge in [0.1, 0.15) is 18.3 Å². The molecule has 0 amide bonds. The van der Waals surface area contributed by atoms with Gasteiger partial charge >= 0.3 is 0 Å². The van der Waals surface area contributed by atoms with Gasteiger partial charge in [0.2, 0.25) is 11.5 Å². The second-order valence-electron chi connectivity index (χ2n) is 3.79. The lowest BCUT2D eigenvalue weighted by molar-refractivity contribution is -0.133. The summed E-state index contributed by atoms with van der Waals surface area (Å²) in [5.41, 5.74) is -2.36. The highest BCUT2D eigenvalue weighted by atomic mass is 16.5. The number of rotatable bonds is 7. The van der Waals surface area contributed by atoms with Crippen molar-refractivity contribution in [3.05, 3.63) is 20.4 Å². The van der Waals surface area contributed by atoms with Crippen molar-refractivity contribution in [2.75, 3.05) is 6.61 Å². The summed E-state index contributed by atoms with van der Waals surface area (Å²) in [7, 11) is 0. The minimum atomic E-state index is -1.97. The maximum absolute atomic E-state index is 11.0. The molecule has 0 spiro atoms. The van der Waals surface area contributed by atoms with E-state index in [4.69, 9.17) is 15.3 Å². The second kappa shape index (κ2) is 5.89. The van der Waals surface area contributed by atoms with Crippen LogP contribution in [0.15, 0.2) is 9.59 Å². The van der Waals surface area contributed by atoms with Crippen molar-refractivity contribution in [1.82, 2.24) is 0 Å². The van der Waals surface area contributed by atoms with E-state index in [2.05, 4.69) is 4.74 Å². The number of hydrogen-bond acceptors (Lipinski definition) is 9. The van der Waals surface area contributed by atoms with Crippen molar-refractivity contribution in [3.8, 4) is 11.5 Å². The molecule has 1 rings (SSSR count). The van der Waals surface area contributed by atoms with E-state index >= 15 is 0 Å². The number of aliphatic hydroxyl groups is 4. The Morgan fingerprint density at radius 2 is 1.68 bits per heavy atom. The van der Waals surface area contributed by atoms with Crippen LogP contribution in [-0.4, -0.2) is 62.8 Å². The molecule has 0 fully saturated rings. The van der Waals surface area contributed by atoms with E-state index < -0.39 is 53.4 Å². The topological polar surface area (TPSA) is 162 Å². The van der Waals surface area contributed by atoms with Crippen molar-refractivity contribution in [2.24, 2.45) is 0 Å². The first kappa shape index (κ1) is 15.2. The van der Waals surface area contributed by atoms with E-state index in [1.54, 1.807) is 0 Å². The first-order chi connectivity index (χ1) is 8.84. The van der Waals surface area contributed by atoms with Crippen LogP contribution in [0, 0.1) is 0 Å². The summed E-state index contributed by atoms with van der Waals surface area (Å²) in [6.45, 7) is -0.880. The number of aromatic hydroxyl groups is 1. The van der Waals surface area contributed by atoms with Crippen LogP contribution in [0.1, 0.15) is 0 Å². The summed E-state index contributed by atoms with van der Waals surface area (Å²) in [6, 6.07) is 0. The average molecular weight is 276 g/mol. The Balaban J connectivity index is 2.82. The van der Waals surface area contributed by atoms with Crippen LogP contribution in [0.5, 0.6) is 11.5 Å². The molecular formula is C10H12O9. The number of aldehydes is 1. The molecule has 19 heavy (non-hydrogen) atoms. The maximum Gasteiger partial charge on any atom is 0.275 e.